The molecule has 0 radical (unpaired) electrons. The highest BCUT2D eigenvalue weighted by Gasteiger charge is 2.87. The number of rotatable bonds is 4. The van der Waals surface area contributed by atoms with E-state index in [2.05, 4.69) is 13.8 Å². The number of aliphatic hydroxyl groups excluding tert-OH is 2. The number of alkyl halides is 1. The van der Waals surface area contributed by atoms with Crippen molar-refractivity contribution in [2.24, 2.45) is 35.0 Å². The van der Waals surface area contributed by atoms with Crippen molar-refractivity contribution >= 4 is 17.6 Å². The normalized spacial score (nSPS) is 52.7. The van der Waals surface area contributed by atoms with E-state index >= 15 is 0 Å². The van der Waals surface area contributed by atoms with Crippen LogP contribution in [-0.4, -0.2) is 63.8 Å². The Kier molecular flexibility index (Phi) is 4.72. The van der Waals surface area contributed by atoms with Crippen molar-refractivity contribution in [2.45, 2.75) is 69.1 Å². The Morgan fingerprint density at radius 1 is 1.33 bits per heavy atom. The molecule has 0 aromatic heterocycles. The molecule has 0 amide bonds. The largest absolute Gasteiger partial charge is 0.458 e. The van der Waals surface area contributed by atoms with E-state index in [0.29, 0.717) is 13.0 Å². The molecule has 7 heteroatoms. The first kappa shape index (κ1) is 21.2. The second-order valence-corrected chi connectivity index (χ2v) is 11.0. The Morgan fingerprint density at radius 3 is 2.70 bits per heavy atom. The molecule has 30 heavy (non-hydrogen) atoms. The molecule has 5 aliphatic rings. The third-order valence-corrected chi connectivity index (χ3v) is 10.2. The average Bonchev–Trinajstić information content (AvgIpc) is 3.41. The van der Waals surface area contributed by atoms with Crippen molar-refractivity contribution in [3.8, 4) is 0 Å². The molecule has 1 spiro atoms. The maximum Gasteiger partial charge on any atom is 0.334 e. The summed E-state index contributed by atoms with van der Waals surface area (Å²) in [5, 5.41) is 32.5. The molecular formula is C23H33ClO6. The highest BCUT2D eigenvalue weighted by Crippen LogP contribution is 2.76. The van der Waals surface area contributed by atoms with Crippen molar-refractivity contribution in [2.75, 3.05) is 19.8 Å². The fraction of sp³-hybridized carbons (Fsp3) is 0.870. The van der Waals surface area contributed by atoms with Gasteiger partial charge < -0.3 is 24.8 Å². The van der Waals surface area contributed by atoms with E-state index in [-0.39, 0.29) is 54.4 Å². The minimum Gasteiger partial charge on any atom is -0.458 e. The number of aliphatic hydroxyl groups is 3. The lowest BCUT2D eigenvalue weighted by Gasteiger charge is -2.64. The van der Waals surface area contributed by atoms with Crippen molar-refractivity contribution in [3.05, 3.63) is 11.1 Å². The van der Waals surface area contributed by atoms with Gasteiger partial charge in [0, 0.05) is 30.1 Å². The number of halogens is 1. The van der Waals surface area contributed by atoms with Crippen LogP contribution in [0.25, 0.3) is 0 Å². The fourth-order valence-electron chi connectivity index (χ4n) is 8.14. The Bertz CT molecular complexity index is 799. The van der Waals surface area contributed by atoms with Crippen LogP contribution < -0.4 is 0 Å². The van der Waals surface area contributed by atoms with Crippen molar-refractivity contribution in [1.29, 1.82) is 0 Å². The fourth-order valence-corrected chi connectivity index (χ4v) is 8.79. The second-order valence-electron chi connectivity index (χ2n) is 10.5. The summed E-state index contributed by atoms with van der Waals surface area (Å²) in [7, 11) is 0. The zero-order valence-electron chi connectivity index (χ0n) is 17.9. The van der Waals surface area contributed by atoms with E-state index in [0.717, 1.165) is 30.4 Å². The van der Waals surface area contributed by atoms with Crippen LogP contribution >= 0.6 is 11.6 Å². The number of carbonyl (C=O) groups excluding carboxylic acids is 1. The van der Waals surface area contributed by atoms with Gasteiger partial charge in [-0.15, -0.1) is 11.6 Å². The van der Waals surface area contributed by atoms with Crippen LogP contribution in [0.3, 0.4) is 0 Å². The smallest absolute Gasteiger partial charge is 0.334 e. The van der Waals surface area contributed by atoms with Crippen LogP contribution in [0.15, 0.2) is 11.1 Å². The first-order valence-electron chi connectivity index (χ1n) is 11.4. The van der Waals surface area contributed by atoms with Gasteiger partial charge in [-0.1, -0.05) is 27.2 Å². The van der Waals surface area contributed by atoms with Crippen molar-refractivity contribution in [3.63, 3.8) is 0 Å². The molecule has 3 fully saturated rings. The van der Waals surface area contributed by atoms with E-state index < -0.39 is 22.5 Å². The summed E-state index contributed by atoms with van der Waals surface area (Å²) in [6.07, 6.45) is 2.50. The summed E-state index contributed by atoms with van der Waals surface area (Å²) in [5.74, 6) is -1.07. The minimum atomic E-state index is -1.23. The lowest BCUT2D eigenvalue weighted by atomic mass is 9.41. The van der Waals surface area contributed by atoms with Crippen LogP contribution in [0.4, 0.5) is 0 Å². The van der Waals surface area contributed by atoms with Crippen LogP contribution in [-0.2, 0) is 14.3 Å². The molecule has 4 unspecified atom stereocenters. The Labute approximate surface area is 182 Å². The molecule has 0 bridgehead atoms. The van der Waals surface area contributed by atoms with Gasteiger partial charge >= 0.3 is 5.97 Å². The summed E-state index contributed by atoms with van der Waals surface area (Å²) < 4.78 is 11.9. The quantitative estimate of drug-likeness (QED) is 0.351. The molecule has 2 heterocycles. The Hall–Kier alpha value is -0.660. The van der Waals surface area contributed by atoms with E-state index in [1.807, 2.05) is 6.92 Å². The number of hydrogen-bond acceptors (Lipinski definition) is 6. The van der Waals surface area contributed by atoms with E-state index in [4.69, 9.17) is 21.1 Å². The summed E-state index contributed by atoms with van der Waals surface area (Å²) in [6.45, 7) is 6.26. The molecule has 3 aliphatic carbocycles. The van der Waals surface area contributed by atoms with Crippen LogP contribution in [0, 0.1) is 35.0 Å². The molecule has 0 aromatic rings. The van der Waals surface area contributed by atoms with Gasteiger partial charge in [0.2, 0.25) is 0 Å². The van der Waals surface area contributed by atoms with Gasteiger partial charge in [-0.2, -0.15) is 0 Å². The summed E-state index contributed by atoms with van der Waals surface area (Å²) >= 11 is 6.97. The molecule has 3 N–H and O–H groups in total. The molecule has 5 rings (SSSR count). The molecule has 2 saturated carbocycles. The SMILES string of the molecule is CC[C@@H]1CC2C3=C(CC[C@]2(C)[C@]24O[C@H]2C(Cl)C(C(C)CO)[C@@H](CO)[C@]14O)C(=O)OC3. The number of carbonyl (C=O) groups is 1. The zero-order valence-corrected chi connectivity index (χ0v) is 18.7. The van der Waals surface area contributed by atoms with Gasteiger partial charge in [0.1, 0.15) is 23.9 Å². The predicted octanol–water partition coefficient (Wildman–Crippen LogP) is 2.03. The predicted molar refractivity (Wildman–Crippen MR) is 110 cm³/mol. The first-order valence-corrected chi connectivity index (χ1v) is 11.8. The number of hydrogen-bond donors (Lipinski definition) is 3. The van der Waals surface area contributed by atoms with Crippen molar-refractivity contribution in [1.82, 2.24) is 0 Å². The highest BCUT2D eigenvalue weighted by atomic mass is 35.5. The average molecular weight is 441 g/mol. The van der Waals surface area contributed by atoms with Crippen LogP contribution in [0.5, 0.6) is 0 Å². The molecule has 10 atom stereocenters. The van der Waals surface area contributed by atoms with Crippen LogP contribution in [0.2, 0.25) is 0 Å². The molecule has 6 nitrogen and oxygen atoms in total. The van der Waals surface area contributed by atoms with E-state index in [1.54, 1.807) is 0 Å². The summed E-state index contributed by atoms with van der Waals surface area (Å²) in [6, 6.07) is 0. The molecule has 0 aromatic carbocycles. The van der Waals surface area contributed by atoms with Gasteiger partial charge in [0.15, 0.2) is 0 Å². The minimum absolute atomic E-state index is 0.0490. The standard InChI is InChI=1S/C23H33ClO6/c1-4-12-7-15-14-10-29-20(27)13(14)5-6-21(15,3)23-19(30-23)18(24)17(11(2)8-25)16(9-26)22(12,23)28/h11-12,15-19,25-26,28H,4-10H2,1-3H3/t11?,12-,15?,16-,17?,18?,19+,21+,22-,23-/m1/s1. The summed E-state index contributed by atoms with van der Waals surface area (Å²) in [4.78, 5) is 12.2. The Morgan fingerprint density at radius 2 is 2.07 bits per heavy atom. The third kappa shape index (κ3) is 2.18. The maximum absolute atomic E-state index is 12.5. The highest BCUT2D eigenvalue weighted by molar-refractivity contribution is 6.21. The van der Waals surface area contributed by atoms with Gasteiger partial charge in [-0.25, -0.2) is 4.79 Å². The second kappa shape index (κ2) is 6.67. The maximum atomic E-state index is 12.5. The van der Waals surface area contributed by atoms with E-state index in [1.165, 1.54) is 0 Å². The van der Waals surface area contributed by atoms with Gasteiger partial charge in [0.25, 0.3) is 0 Å². The third-order valence-electron chi connectivity index (χ3n) is 9.64. The lowest BCUT2D eigenvalue weighted by molar-refractivity contribution is -0.234. The number of esters is 1. The zero-order chi connectivity index (χ0) is 21.6. The topological polar surface area (TPSA) is 99.5 Å². The number of cyclic esters (lactones) is 1. The number of fused-ring (bicyclic) bond motifs is 2. The van der Waals surface area contributed by atoms with Gasteiger partial charge in [-0.3, -0.25) is 0 Å². The lowest BCUT2D eigenvalue weighted by Crippen LogP contribution is -2.75. The van der Waals surface area contributed by atoms with E-state index in [9.17, 15) is 20.1 Å². The molecular weight excluding hydrogens is 408 g/mol. The molecule has 1 saturated heterocycles. The van der Waals surface area contributed by atoms with Crippen LogP contribution in [0.1, 0.15) is 46.5 Å². The number of ether oxygens (including phenoxy) is 2. The van der Waals surface area contributed by atoms with Gasteiger partial charge in [-0.05, 0) is 48.5 Å². The number of epoxide rings is 1. The summed E-state index contributed by atoms with van der Waals surface area (Å²) in [5.41, 5.74) is -0.573. The van der Waals surface area contributed by atoms with Gasteiger partial charge in [0.05, 0.1) is 5.38 Å². The van der Waals surface area contributed by atoms with Crippen molar-refractivity contribution < 1.29 is 29.6 Å². The first-order chi connectivity index (χ1) is 14.2. The molecule has 2 aliphatic heterocycles. The Balaban J connectivity index is 1.66. The monoisotopic (exact) mass is 440 g/mol. The molecule has 168 valence electrons.